The number of aromatic nitrogens is 4. The predicted octanol–water partition coefficient (Wildman–Crippen LogP) is 0.846. The van der Waals surface area contributed by atoms with Gasteiger partial charge in [0, 0.05) is 26.0 Å². The highest BCUT2D eigenvalue weighted by Gasteiger charge is 2.18. The van der Waals surface area contributed by atoms with Gasteiger partial charge in [-0.15, -0.1) is 0 Å². The Morgan fingerprint density at radius 2 is 1.91 bits per heavy atom. The molecular formula is C14H19N5O3. The van der Waals surface area contributed by atoms with E-state index in [1.807, 2.05) is 17.7 Å². The third-order valence-corrected chi connectivity index (χ3v) is 3.32. The van der Waals surface area contributed by atoms with E-state index in [-0.39, 0.29) is 18.9 Å². The minimum atomic E-state index is -0.922. The fraction of sp³-hybridized carbons (Fsp3) is 0.429. The lowest BCUT2D eigenvalue weighted by Gasteiger charge is -2.18. The van der Waals surface area contributed by atoms with E-state index >= 15 is 0 Å². The number of aryl methyl sites for hydroxylation is 2. The molecule has 0 atom stereocenters. The number of carboxylic acids is 1. The minimum Gasteiger partial charge on any atom is -0.481 e. The van der Waals surface area contributed by atoms with E-state index in [0.29, 0.717) is 12.2 Å². The van der Waals surface area contributed by atoms with Crippen molar-refractivity contribution in [3.05, 3.63) is 35.9 Å². The molecule has 0 saturated heterocycles. The maximum atomic E-state index is 12.5. The van der Waals surface area contributed by atoms with Crippen LogP contribution in [-0.4, -0.2) is 48.5 Å². The lowest BCUT2D eigenvalue weighted by Crippen LogP contribution is -2.29. The molecule has 0 aliphatic rings. The molecular weight excluding hydrogens is 286 g/mol. The summed E-state index contributed by atoms with van der Waals surface area (Å²) in [4.78, 5) is 24.7. The zero-order valence-corrected chi connectivity index (χ0v) is 12.6. The van der Waals surface area contributed by atoms with Gasteiger partial charge in [0.15, 0.2) is 0 Å². The molecule has 2 aromatic heterocycles. The molecule has 0 unspecified atom stereocenters. The number of hydrogen-bond donors (Lipinski definition) is 1. The average Bonchev–Trinajstić information content (AvgIpc) is 3.12. The lowest BCUT2D eigenvalue weighted by molar-refractivity contribution is -0.137. The summed E-state index contributed by atoms with van der Waals surface area (Å²) in [7, 11) is 1.70. The van der Waals surface area contributed by atoms with Crippen molar-refractivity contribution in [3.63, 3.8) is 0 Å². The molecule has 0 aliphatic heterocycles. The van der Waals surface area contributed by atoms with Gasteiger partial charge in [0.05, 0.1) is 25.2 Å². The van der Waals surface area contributed by atoms with Gasteiger partial charge in [0.25, 0.3) is 5.91 Å². The van der Waals surface area contributed by atoms with Crippen LogP contribution in [0.2, 0.25) is 0 Å². The van der Waals surface area contributed by atoms with Crippen LogP contribution in [0, 0.1) is 0 Å². The molecule has 8 nitrogen and oxygen atoms in total. The molecule has 0 saturated carbocycles. The Morgan fingerprint density at radius 1 is 1.23 bits per heavy atom. The molecule has 0 bridgehead atoms. The van der Waals surface area contributed by atoms with E-state index in [2.05, 4.69) is 10.2 Å². The number of aliphatic carboxylic acids is 1. The predicted molar refractivity (Wildman–Crippen MR) is 78.2 cm³/mol. The average molecular weight is 305 g/mol. The first-order chi connectivity index (χ1) is 10.5. The second-order valence-corrected chi connectivity index (χ2v) is 4.88. The highest BCUT2D eigenvalue weighted by Crippen LogP contribution is 2.09. The fourth-order valence-electron chi connectivity index (χ4n) is 2.18. The van der Waals surface area contributed by atoms with Gasteiger partial charge >= 0.3 is 5.97 Å². The van der Waals surface area contributed by atoms with Crippen LogP contribution in [-0.2, 0) is 24.4 Å². The van der Waals surface area contributed by atoms with Crippen LogP contribution >= 0.6 is 0 Å². The molecule has 0 spiro atoms. The molecule has 0 radical (unpaired) electrons. The van der Waals surface area contributed by atoms with Gasteiger partial charge < -0.3 is 10.0 Å². The number of carboxylic acid groups (broad SMARTS) is 1. The summed E-state index contributed by atoms with van der Waals surface area (Å²) >= 11 is 0. The number of nitrogens with zero attached hydrogens (tertiary/aromatic N) is 5. The third-order valence-electron chi connectivity index (χ3n) is 3.32. The molecule has 0 aromatic carbocycles. The Balaban J connectivity index is 2.07. The number of amides is 1. The SMILES string of the molecule is CCn1nccc1CN(C)C(=O)c1ccnn1CCC(=O)O. The number of hydrogen-bond acceptors (Lipinski definition) is 4. The van der Waals surface area contributed by atoms with Crippen molar-refractivity contribution in [1.82, 2.24) is 24.5 Å². The Labute approximate surface area is 127 Å². The molecule has 1 amide bonds. The van der Waals surface area contributed by atoms with Gasteiger partial charge in [-0.25, -0.2) is 0 Å². The first kappa shape index (κ1) is 15.7. The Hall–Kier alpha value is -2.64. The second kappa shape index (κ2) is 6.88. The number of rotatable bonds is 7. The molecule has 0 fully saturated rings. The normalized spacial score (nSPS) is 10.6. The van der Waals surface area contributed by atoms with Gasteiger partial charge in [-0.2, -0.15) is 10.2 Å². The van der Waals surface area contributed by atoms with E-state index < -0.39 is 5.97 Å². The summed E-state index contributed by atoms with van der Waals surface area (Å²) in [6.45, 7) is 3.32. The Morgan fingerprint density at radius 3 is 2.59 bits per heavy atom. The van der Waals surface area contributed by atoms with Crippen LogP contribution in [0.25, 0.3) is 0 Å². The summed E-state index contributed by atoms with van der Waals surface area (Å²) in [5, 5.41) is 16.9. The van der Waals surface area contributed by atoms with Crippen LogP contribution < -0.4 is 0 Å². The van der Waals surface area contributed by atoms with Gasteiger partial charge in [-0.1, -0.05) is 0 Å². The minimum absolute atomic E-state index is 0.0751. The van der Waals surface area contributed by atoms with Gasteiger partial charge in [0.1, 0.15) is 5.69 Å². The van der Waals surface area contributed by atoms with Crippen LogP contribution in [0.1, 0.15) is 29.5 Å². The molecule has 2 aromatic rings. The van der Waals surface area contributed by atoms with Gasteiger partial charge in [-0.05, 0) is 19.1 Å². The molecule has 8 heteroatoms. The van der Waals surface area contributed by atoms with Crippen molar-refractivity contribution in [3.8, 4) is 0 Å². The van der Waals surface area contributed by atoms with Crippen molar-refractivity contribution in [2.45, 2.75) is 33.0 Å². The first-order valence-corrected chi connectivity index (χ1v) is 7.02. The summed E-state index contributed by atoms with van der Waals surface area (Å²) in [5.41, 5.74) is 1.32. The molecule has 2 heterocycles. The van der Waals surface area contributed by atoms with Crippen LogP contribution in [0.15, 0.2) is 24.5 Å². The zero-order valence-electron chi connectivity index (χ0n) is 12.6. The maximum Gasteiger partial charge on any atom is 0.305 e. The summed E-state index contributed by atoms with van der Waals surface area (Å²) < 4.78 is 3.25. The maximum absolute atomic E-state index is 12.5. The Bertz CT molecular complexity index is 661. The molecule has 22 heavy (non-hydrogen) atoms. The second-order valence-electron chi connectivity index (χ2n) is 4.88. The number of carbonyl (C=O) groups is 2. The number of carbonyl (C=O) groups excluding carboxylic acids is 1. The van der Waals surface area contributed by atoms with Crippen molar-refractivity contribution >= 4 is 11.9 Å². The van der Waals surface area contributed by atoms with Crippen molar-refractivity contribution in [2.24, 2.45) is 0 Å². The van der Waals surface area contributed by atoms with Crippen LogP contribution in [0.5, 0.6) is 0 Å². The summed E-state index contributed by atoms with van der Waals surface area (Å²) in [6.07, 6.45) is 3.13. The lowest BCUT2D eigenvalue weighted by atomic mass is 10.3. The molecule has 1 N–H and O–H groups in total. The molecule has 118 valence electrons. The summed E-state index contributed by atoms with van der Waals surface area (Å²) in [5.74, 6) is -1.12. The first-order valence-electron chi connectivity index (χ1n) is 7.02. The van der Waals surface area contributed by atoms with Crippen LogP contribution in [0.4, 0.5) is 0 Å². The van der Waals surface area contributed by atoms with Gasteiger partial charge in [-0.3, -0.25) is 19.0 Å². The monoisotopic (exact) mass is 305 g/mol. The largest absolute Gasteiger partial charge is 0.481 e. The van der Waals surface area contributed by atoms with Crippen molar-refractivity contribution in [1.29, 1.82) is 0 Å². The molecule has 0 aliphatic carbocycles. The van der Waals surface area contributed by atoms with Crippen LogP contribution in [0.3, 0.4) is 0 Å². The van der Waals surface area contributed by atoms with E-state index in [1.165, 1.54) is 10.9 Å². The molecule has 2 rings (SSSR count). The van der Waals surface area contributed by atoms with Crippen molar-refractivity contribution in [2.75, 3.05) is 7.05 Å². The van der Waals surface area contributed by atoms with Gasteiger partial charge in [0.2, 0.25) is 0 Å². The summed E-state index contributed by atoms with van der Waals surface area (Å²) in [6, 6.07) is 3.47. The fourth-order valence-corrected chi connectivity index (χ4v) is 2.18. The van der Waals surface area contributed by atoms with E-state index in [0.717, 1.165) is 12.2 Å². The topological polar surface area (TPSA) is 93.3 Å². The van der Waals surface area contributed by atoms with E-state index in [4.69, 9.17) is 5.11 Å². The smallest absolute Gasteiger partial charge is 0.305 e. The van der Waals surface area contributed by atoms with Crippen molar-refractivity contribution < 1.29 is 14.7 Å². The standard InChI is InChI=1S/C14H19N5O3/c1-3-18-11(4-7-15-18)10-17(2)14(22)12-5-8-16-19(12)9-6-13(20)21/h4-5,7-8H,3,6,9-10H2,1-2H3,(H,20,21). The zero-order chi connectivity index (χ0) is 16.1. The Kier molecular flexibility index (Phi) is 4.92. The quantitative estimate of drug-likeness (QED) is 0.818. The van der Waals surface area contributed by atoms with E-state index in [1.54, 1.807) is 24.2 Å². The highest BCUT2D eigenvalue weighted by molar-refractivity contribution is 5.92. The third kappa shape index (κ3) is 3.51. The van der Waals surface area contributed by atoms with E-state index in [9.17, 15) is 9.59 Å². The highest BCUT2D eigenvalue weighted by atomic mass is 16.4.